The van der Waals surface area contributed by atoms with Crippen LogP contribution in [0.2, 0.25) is 0 Å². The predicted molar refractivity (Wildman–Crippen MR) is 145 cm³/mol. The highest BCUT2D eigenvalue weighted by Crippen LogP contribution is 2.38. The lowest BCUT2D eigenvalue weighted by Crippen LogP contribution is -2.32. The summed E-state index contributed by atoms with van der Waals surface area (Å²) in [5.74, 6) is 0.264. The Balaban J connectivity index is 0.00000274. The zero-order valence-electron chi connectivity index (χ0n) is 19.6. The zero-order valence-corrected chi connectivity index (χ0v) is 20.4. The minimum Gasteiger partial charge on any atom is -0.303 e. The van der Waals surface area contributed by atoms with Gasteiger partial charge in [0, 0.05) is 25.1 Å². The summed E-state index contributed by atoms with van der Waals surface area (Å²) in [7, 11) is 0. The van der Waals surface area contributed by atoms with E-state index in [9.17, 15) is 4.79 Å². The van der Waals surface area contributed by atoms with Gasteiger partial charge >= 0.3 is 0 Å². The average molecular weight is 470 g/mol. The van der Waals surface area contributed by atoms with Gasteiger partial charge in [0.1, 0.15) is 0 Å². The standard InChI is InChI=1S/C31H31NO.ClH/c33-30(26-12-2-1-3-13-26)16-8-9-21-32-22-19-27(20-23-32)31-28-14-6-4-10-24(28)17-18-25-11-5-7-15-29(25)31;/h1-7,10-15,17-18H,8-9,16,19-23H2;1H. The zero-order chi connectivity index (χ0) is 22.5. The van der Waals surface area contributed by atoms with E-state index >= 15 is 0 Å². The van der Waals surface area contributed by atoms with Gasteiger partial charge in [-0.05, 0) is 60.1 Å². The molecular weight excluding hydrogens is 438 g/mol. The smallest absolute Gasteiger partial charge is 0.162 e. The van der Waals surface area contributed by atoms with Crippen LogP contribution in [0.3, 0.4) is 0 Å². The number of halogens is 1. The second-order valence-electron chi connectivity index (χ2n) is 9.07. The van der Waals surface area contributed by atoms with E-state index in [0.717, 1.165) is 50.9 Å². The van der Waals surface area contributed by atoms with Gasteiger partial charge in [-0.15, -0.1) is 12.4 Å². The Kier molecular flexibility index (Phi) is 8.16. The summed E-state index contributed by atoms with van der Waals surface area (Å²) >= 11 is 0. The molecule has 0 bridgehead atoms. The van der Waals surface area contributed by atoms with Gasteiger partial charge in [0.05, 0.1) is 0 Å². The molecule has 0 N–H and O–H groups in total. The van der Waals surface area contributed by atoms with Crippen LogP contribution in [0.1, 0.15) is 64.7 Å². The SMILES string of the molecule is Cl.O=C(CCCCN1CCC(=C2c3ccccc3C=Cc3ccccc32)CC1)c1ccccc1. The number of nitrogens with zero attached hydrogens (tertiary/aromatic N) is 1. The number of hydrogen-bond acceptors (Lipinski definition) is 2. The molecule has 0 saturated carbocycles. The highest BCUT2D eigenvalue weighted by Gasteiger charge is 2.22. The number of rotatable bonds is 6. The maximum absolute atomic E-state index is 12.3. The van der Waals surface area contributed by atoms with Crippen molar-refractivity contribution in [2.75, 3.05) is 19.6 Å². The summed E-state index contributed by atoms with van der Waals surface area (Å²) in [6.45, 7) is 3.28. The van der Waals surface area contributed by atoms with Crippen LogP contribution < -0.4 is 0 Å². The number of likely N-dealkylation sites (tertiary alicyclic amines) is 1. The van der Waals surface area contributed by atoms with E-state index in [1.807, 2.05) is 30.3 Å². The Bertz CT molecular complexity index is 1130. The first kappa shape index (κ1) is 24.2. The molecule has 0 radical (unpaired) electrons. The van der Waals surface area contributed by atoms with Crippen LogP contribution >= 0.6 is 12.4 Å². The fraction of sp³-hybridized carbons (Fsp3) is 0.258. The van der Waals surface area contributed by atoms with Crippen LogP contribution in [0.15, 0.2) is 84.4 Å². The number of ketones is 1. The van der Waals surface area contributed by atoms with Crippen molar-refractivity contribution in [3.05, 3.63) is 112 Å². The number of fused-ring (bicyclic) bond motifs is 2. The molecule has 2 aliphatic rings. The molecular formula is C31H32ClNO. The molecule has 1 aliphatic carbocycles. The Hall–Kier alpha value is -2.94. The number of carbonyl (C=O) groups is 1. The van der Waals surface area contributed by atoms with Crippen molar-refractivity contribution >= 4 is 35.9 Å². The Morgan fingerprint density at radius 1 is 0.706 bits per heavy atom. The van der Waals surface area contributed by atoms with Crippen molar-refractivity contribution in [3.8, 4) is 0 Å². The number of carbonyl (C=O) groups excluding carboxylic acids is 1. The predicted octanol–water partition coefficient (Wildman–Crippen LogP) is 7.54. The summed E-state index contributed by atoms with van der Waals surface area (Å²) in [6, 6.07) is 27.3. The highest BCUT2D eigenvalue weighted by molar-refractivity contribution is 5.96. The maximum atomic E-state index is 12.3. The number of piperidine rings is 1. The number of benzene rings is 3. The molecule has 0 aromatic heterocycles. The van der Waals surface area contributed by atoms with Crippen molar-refractivity contribution in [2.45, 2.75) is 32.1 Å². The van der Waals surface area contributed by atoms with Gasteiger partial charge in [-0.25, -0.2) is 0 Å². The molecule has 1 fully saturated rings. The Morgan fingerprint density at radius 3 is 1.88 bits per heavy atom. The van der Waals surface area contributed by atoms with Gasteiger partial charge in [0.15, 0.2) is 5.78 Å². The third-order valence-corrected chi connectivity index (χ3v) is 6.94. The molecule has 34 heavy (non-hydrogen) atoms. The van der Waals surface area contributed by atoms with Crippen LogP contribution in [-0.2, 0) is 0 Å². The Morgan fingerprint density at radius 2 is 1.26 bits per heavy atom. The minimum absolute atomic E-state index is 0. The first-order valence-electron chi connectivity index (χ1n) is 12.2. The average Bonchev–Trinajstić information content (AvgIpc) is 3.04. The van der Waals surface area contributed by atoms with Gasteiger partial charge in [-0.3, -0.25) is 4.79 Å². The summed E-state index contributed by atoms with van der Waals surface area (Å²) in [4.78, 5) is 14.9. The minimum atomic E-state index is 0. The van der Waals surface area contributed by atoms with Gasteiger partial charge in [-0.2, -0.15) is 0 Å². The van der Waals surface area contributed by atoms with Crippen LogP contribution in [0.25, 0.3) is 17.7 Å². The molecule has 1 heterocycles. The van der Waals surface area contributed by atoms with Gasteiger partial charge in [0.25, 0.3) is 0 Å². The molecule has 3 heteroatoms. The van der Waals surface area contributed by atoms with E-state index in [0.29, 0.717) is 6.42 Å². The number of hydrogen-bond donors (Lipinski definition) is 0. The van der Waals surface area contributed by atoms with Crippen molar-refractivity contribution in [2.24, 2.45) is 0 Å². The molecule has 0 amide bonds. The third kappa shape index (κ3) is 5.41. The Labute approximate surface area is 209 Å². The maximum Gasteiger partial charge on any atom is 0.162 e. The molecule has 0 atom stereocenters. The number of unbranched alkanes of at least 4 members (excludes halogenated alkanes) is 1. The molecule has 1 aliphatic heterocycles. The molecule has 3 aromatic carbocycles. The summed E-state index contributed by atoms with van der Waals surface area (Å²) in [5, 5.41) is 0. The van der Waals surface area contributed by atoms with E-state index in [2.05, 4.69) is 65.6 Å². The van der Waals surface area contributed by atoms with Crippen molar-refractivity contribution in [3.63, 3.8) is 0 Å². The van der Waals surface area contributed by atoms with Crippen molar-refractivity contribution in [1.29, 1.82) is 0 Å². The van der Waals surface area contributed by atoms with Crippen LogP contribution in [0.5, 0.6) is 0 Å². The van der Waals surface area contributed by atoms with Crippen molar-refractivity contribution in [1.82, 2.24) is 4.90 Å². The van der Waals surface area contributed by atoms with E-state index in [-0.39, 0.29) is 18.2 Å². The summed E-state index contributed by atoms with van der Waals surface area (Å²) < 4.78 is 0. The second-order valence-corrected chi connectivity index (χ2v) is 9.07. The quantitative estimate of drug-likeness (QED) is 0.214. The highest BCUT2D eigenvalue weighted by atomic mass is 35.5. The monoisotopic (exact) mass is 469 g/mol. The number of Topliss-reactive ketones (excluding diaryl/α,β-unsaturated/α-hetero) is 1. The third-order valence-electron chi connectivity index (χ3n) is 6.94. The molecule has 174 valence electrons. The van der Waals surface area contributed by atoms with Gasteiger partial charge < -0.3 is 4.90 Å². The van der Waals surface area contributed by atoms with E-state index in [4.69, 9.17) is 0 Å². The normalized spacial score (nSPS) is 15.2. The molecule has 0 unspecified atom stereocenters. The van der Waals surface area contributed by atoms with Gasteiger partial charge in [-0.1, -0.05) is 96.6 Å². The largest absolute Gasteiger partial charge is 0.303 e. The summed E-state index contributed by atoms with van der Waals surface area (Å²) in [5.41, 5.74) is 9.20. The lowest BCUT2D eigenvalue weighted by Gasteiger charge is -2.30. The summed E-state index contributed by atoms with van der Waals surface area (Å²) in [6.07, 6.45) is 9.43. The molecule has 0 spiro atoms. The second kappa shape index (κ2) is 11.5. The molecule has 5 rings (SSSR count). The first-order chi connectivity index (χ1) is 16.3. The van der Waals surface area contributed by atoms with E-state index < -0.39 is 0 Å². The lowest BCUT2D eigenvalue weighted by atomic mass is 9.86. The van der Waals surface area contributed by atoms with Gasteiger partial charge in [0.2, 0.25) is 0 Å². The van der Waals surface area contributed by atoms with Crippen LogP contribution in [0.4, 0.5) is 0 Å². The fourth-order valence-corrected chi connectivity index (χ4v) is 5.13. The first-order valence-corrected chi connectivity index (χ1v) is 12.2. The van der Waals surface area contributed by atoms with Crippen LogP contribution in [-0.4, -0.2) is 30.3 Å². The lowest BCUT2D eigenvalue weighted by molar-refractivity contribution is 0.0977. The topological polar surface area (TPSA) is 20.3 Å². The molecule has 2 nitrogen and oxygen atoms in total. The molecule has 3 aromatic rings. The van der Waals surface area contributed by atoms with Crippen LogP contribution in [0, 0.1) is 0 Å². The molecule has 1 saturated heterocycles. The van der Waals surface area contributed by atoms with Crippen molar-refractivity contribution < 1.29 is 4.79 Å². The van der Waals surface area contributed by atoms with E-state index in [1.54, 1.807) is 5.57 Å². The van der Waals surface area contributed by atoms with E-state index in [1.165, 1.54) is 27.8 Å². The fourth-order valence-electron chi connectivity index (χ4n) is 5.13.